The number of benzene rings is 1. The van der Waals surface area contributed by atoms with Crippen LogP contribution in [0.3, 0.4) is 0 Å². The van der Waals surface area contributed by atoms with Crippen LogP contribution in [0.25, 0.3) is 0 Å². The third-order valence-electron chi connectivity index (χ3n) is 1.69. The largest absolute Gasteiger partial charge is 0.495 e. The molecule has 0 atom stereocenters. The highest BCUT2D eigenvalue weighted by molar-refractivity contribution is 6.32. The molecule has 0 aliphatic carbocycles. The van der Waals surface area contributed by atoms with E-state index in [4.69, 9.17) is 25.8 Å². The normalized spacial score (nSPS) is 9.60. The summed E-state index contributed by atoms with van der Waals surface area (Å²) in [5.41, 5.74) is 0. The number of hydrogen-bond donors (Lipinski definition) is 0. The molecule has 5 heteroatoms. The van der Waals surface area contributed by atoms with Gasteiger partial charge in [0, 0.05) is 19.1 Å². The van der Waals surface area contributed by atoms with Gasteiger partial charge in [0.15, 0.2) is 11.5 Å². The van der Waals surface area contributed by atoms with Crippen molar-refractivity contribution in [3.63, 3.8) is 0 Å². The Kier molecular flexibility index (Phi) is 3.80. The number of carbonyl (C=O) groups excluding carboxylic acids is 1. The Morgan fingerprint density at radius 3 is 2.20 bits per heavy atom. The summed E-state index contributed by atoms with van der Waals surface area (Å²) in [6.45, 7) is 1.31. The van der Waals surface area contributed by atoms with Crippen LogP contribution in [0.1, 0.15) is 6.92 Å². The van der Waals surface area contributed by atoms with E-state index < -0.39 is 5.97 Å². The highest BCUT2D eigenvalue weighted by atomic mass is 35.5. The highest BCUT2D eigenvalue weighted by Crippen LogP contribution is 2.37. The molecule has 0 spiro atoms. The molecule has 0 fully saturated rings. The van der Waals surface area contributed by atoms with Crippen LogP contribution in [0.5, 0.6) is 17.2 Å². The van der Waals surface area contributed by atoms with Gasteiger partial charge in [-0.05, 0) is 0 Å². The molecular weight excluding hydrogens is 220 g/mol. The molecule has 4 nitrogen and oxygen atoms in total. The second-order valence-corrected chi connectivity index (χ2v) is 3.14. The Hall–Kier alpha value is -1.42. The lowest BCUT2D eigenvalue weighted by Crippen LogP contribution is -2.03. The molecule has 0 radical (unpaired) electrons. The maximum absolute atomic E-state index is 10.8. The van der Waals surface area contributed by atoms with E-state index >= 15 is 0 Å². The van der Waals surface area contributed by atoms with Gasteiger partial charge in [-0.15, -0.1) is 0 Å². The fraction of sp³-hybridized carbons (Fsp3) is 0.300. The first-order valence-corrected chi connectivity index (χ1v) is 4.56. The molecule has 82 valence electrons. The predicted octanol–water partition coefficient (Wildman–Crippen LogP) is 2.28. The first-order chi connectivity index (χ1) is 7.08. The van der Waals surface area contributed by atoms with Gasteiger partial charge in [-0.2, -0.15) is 0 Å². The highest BCUT2D eigenvalue weighted by Gasteiger charge is 2.12. The van der Waals surface area contributed by atoms with Crippen LogP contribution in [0.15, 0.2) is 12.1 Å². The zero-order valence-electron chi connectivity index (χ0n) is 8.67. The molecule has 15 heavy (non-hydrogen) atoms. The molecule has 0 amide bonds. The number of carbonyl (C=O) groups is 1. The molecule has 0 aliphatic rings. The zero-order valence-corrected chi connectivity index (χ0v) is 9.42. The Bertz CT molecular complexity index is 376. The first kappa shape index (κ1) is 11.7. The third kappa shape index (κ3) is 2.76. The Balaban J connectivity index is 3.16. The molecule has 0 aromatic heterocycles. The summed E-state index contributed by atoms with van der Waals surface area (Å²) in [6, 6.07) is 3.03. The van der Waals surface area contributed by atoms with E-state index in [2.05, 4.69) is 0 Å². The molecule has 1 aromatic carbocycles. The number of hydrogen-bond acceptors (Lipinski definition) is 4. The van der Waals surface area contributed by atoms with Gasteiger partial charge in [0.25, 0.3) is 0 Å². The lowest BCUT2D eigenvalue weighted by Gasteiger charge is -2.10. The summed E-state index contributed by atoms with van der Waals surface area (Å²) >= 11 is 5.87. The second-order valence-electron chi connectivity index (χ2n) is 2.73. The van der Waals surface area contributed by atoms with E-state index in [1.807, 2.05) is 0 Å². The molecule has 0 saturated heterocycles. The van der Waals surface area contributed by atoms with Crippen LogP contribution in [0.4, 0.5) is 0 Å². The molecule has 0 bridgehead atoms. The summed E-state index contributed by atoms with van der Waals surface area (Å²) in [4.78, 5) is 10.8. The number of halogens is 1. The summed E-state index contributed by atoms with van der Waals surface area (Å²) in [5.74, 6) is 0.661. The maximum Gasteiger partial charge on any atom is 0.308 e. The van der Waals surface area contributed by atoms with Crippen LogP contribution in [0, 0.1) is 0 Å². The summed E-state index contributed by atoms with van der Waals surface area (Å²) in [7, 11) is 2.94. The van der Waals surface area contributed by atoms with Crippen LogP contribution in [0.2, 0.25) is 5.02 Å². The van der Waals surface area contributed by atoms with Crippen molar-refractivity contribution in [1.82, 2.24) is 0 Å². The van der Waals surface area contributed by atoms with Crippen molar-refractivity contribution in [1.29, 1.82) is 0 Å². The second kappa shape index (κ2) is 4.89. The van der Waals surface area contributed by atoms with Crippen LogP contribution in [-0.2, 0) is 4.79 Å². The minimum Gasteiger partial charge on any atom is -0.495 e. The molecular formula is C10H11ClO4. The van der Waals surface area contributed by atoms with Crippen LogP contribution >= 0.6 is 11.6 Å². The van der Waals surface area contributed by atoms with E-state index in [9.17, 15) is 4.79 Å². The average molecular weight is 231 g/mol. The smallest absolute Gasteiger partial charge is 0.308 e. The van der Waals surface area contributed by atoms with E-state index in [-0.39, 0.29) is 5.75 Å². The van der Waals surface area contributed by atoms with Crippen molar-refractivity contribution in [2.75, 3.05) is 14.2 Å². The van der Waals surface area contributed by atoms with Crippen molar-refractivity contribution in [2.24, 2.45) is 0 Å². The minimum atomic E-state index is -0.433. The first-order valence-electron chi connectivity index (χ1n) is 4.18. The molecule has 0 heterocycles. The van der Waals surface area contributed by atoms with Gasteiger partial charge in [0.05, 0.1) is 19.2 Å². The molecule has 1 rings (SSSR count). The Morgan fingerprint density at radius 1 is 1.13 bits per heavy atom. The van der Waals surface area contributed by atoms with E-state index in [1.165, 1.54) is 33.3 Å². The standard InChI is InChI=1S/C10H11ClO4/c1-6(12)15-10-5-8(13-2)7(11)4-9(10)14-3/h4-5H,1-3H3. The summed E-state index contributed by atoms with van der Waals surface area (Å²) in [5, 5.41) is 0.394. The van der Waals surface area contributed by atoms with Crippen molar-refractivity contribution in [3.8, 4) is 17.2 Å². The maximum atomic E-state index is 10.8. The summed E-state index contributed by atoms with van der Waals surface area (Å²) in [6.07, 6.45) is 0. The third-order valence-corrected chi connectivity index (χ3v) is 1.99. The quantitative estimate of drug-likeness (QED) is 0.590. The van der Waals surface area contributed by atoms with Gasteiger partial charge in [-0.25, -0.2) is 0 Å². The molecule has 0 aliphatic heterocycles. The van der Waals surface area contributed by atoms with Crippen molar-refractivity contribution >= 4 is 17.6 Å². The summed E-state index contributed by atoms with van der Waals surface area (Å²) < 4.78 is 14.9. The zero-order chi connectivity index (χ0) is 11.4. The topological polar surface area (TPSA) is 44.8 Å². The van der Waals surface area contributed by atoms with Crippen molar-refractivity contribution < 1.29 is 19.0 Å². The monoisotopic (exact) mass is 230 g/mol. The number of esters is 1. The Morgan fingerprint density at radius 2 is 1.73 bits per heavy atom. The predicted molar refractivity (Wildman–Crippen MR) is 55.9 cm³/mol. The average Bonchev–Trinajstić information content (AvgIpc) is 2.19. The SMILES string of the molecule is COc1cc(OC(C)=O)c(OC)cc1Cl. The minimum absolute atomic E-state index is 0.284. The van der Waals surface area contributed by atoms with Crippen molar-refractivity contribution in [2.45, 2.75) is 6.92 Å². The Labute approximate surface area is 92.7 Å². The molecule has 1 aromatic rings. The van der Waals surface area contributed by atoms with Crippen LogP contribution < -0.4 is 14.2 Å². The van der Waals surface area contributed by atoms with Crippen molar-refractivity contribution in [3.05, 3.63) is 17.2 Å². The molecule has 0 saturated carbocycles. The van der Waals surface area contributed by atoms with Gasteiger partial charge in [-0.3, -0.25) is 4.79 Å². The number of rotatable bonds is 3. The number of ether oxygens (including phenoxy) is 3. The van der Waals surface area contributed by atoms with Gasteiger partial charge in [0.2, 0.25) is 0 Å². The van der Waals surface area contributed by atoms with E-state index in [1.54, 1.807) is 0 Å². The van der Waals surface area contributed by atoms with E-state index in [0.29, 0.717) is 16.5 Å². The number of methoxy groups -OCH3 is 2. The lowest BCUT2D eigenvalue weighted by molar-refractivity contribution is -0.132. The molecule has 0 unspecified atom stereocenters. The lowest BCUT2D eigenvalue weighted by atomic mass is 10.3. The fourth-order valence-corrected chi connectivity index (χ4v) is 1.30. The van der Waals surface area contributed by atoms with Gasteiger partial charge < -0.3 is 14.2 Å². The van der Waals surface area contributed by atoms with Crippen LogP contribution in [-0.4, -0.2) is 20.2 Å². The molecule has 0 N–H and O–H groups in total. The van der Waals surface area contributed by atoms with Gasteiger partial charge in [0.1, 0.15) is 5.75 Å². The fourth-order valence-electron chi connectivity index (χ4n) is 1.07. The van der Waals surface area contributed by atoms with Gasteiger partial charge >= 0.3 is 5.97 Å². The van der Waals surface area contributed by atoms with Gasteiger partial charge in [-0.1, -0.05) is 11.6 Å². The van der Waals surface area contributed by atoms with E-state index in [0.717, 1.165) is 0 Å².